The second kappa shape index (κ2) is 3.66. The van der Waals surface area contributed by atoms with E-state index in [9.17, 15) is 4.79 Å². The smallest absolute Gasteiger partial charge is 0.134 e. The van der Waals surface area contributed by atoms with Crippen LogP contribution in [0.2, 0.25) is 0 Å². The summed E-state index contributed by atoms with van der Waals surface area (Å²) in [4.78, 5) is 11.2. The highest BCUT2D eigenvalue weighted by atomic mass is 16.5. The summed E-state index contributed by atoms with van der Waals surface area (Å²) >= 11 is 0. The quantitative estimate of drug-likeness (QED) is 0.808. The fourth-order valence-corrected chi connectivity index (χ4v) is 2.23. The zero-order chi connectivity index (χ0) is 10.9. The van der Waals surface area contributed by atoms with Crippen LogP contribution in [0.4, 0.5) is 0 Å². The molecule has 0 spiro atoms. The van der Waals surface area contributed by atoms with Gasteiger partial charge < -0.3 is 10.5 Å². The predicted octanol–water partition coefficient (Wildman–Crippen LogP) is 1.25. The van der Waals surface area contributed by atoms with Crippen LogP contribution >= 0.6 is 0 Å². The maximum Gasteiger partial charge on any atom is 0.134 e. The molecule has 1 aliphatic rings. The Morgan fingerprint density at radius 2 is 2.07 bits per heavy atom. The van der Waals surface area contributed by atoms with E-state index < -0.39 is 0 Å². The average Bonchev–Trinajstić information content (AvgIpc) is 2.24. The molecule has 0 aromatic heterocycles. The van der Waals surface area contributed by atoms with E-state index in [4.69, 9.17) is 10.5 Å². The molecule has 0 aliphatic heterocycles. The summed E-state index contributed by atoms with van der Waals surface area (Å²) in [6, 6.07) is 7.79. The molecule has 0 amide bonds. The van der Waals surface area contributed by atoms with E-state index in [0.717, 1.165) is 11.3 Å². The number of ether oxygens (including phenoxy) is 1. The molecule has 0 atom stereocenters. The number of carbonyl (C=O) groups is 1. The molecule has 0 bridgehead atoms. The van der Waals surface area contributed by atoms with Gasteiger partial charge in [-0.1, -0.05) is 18.2 Å². The van der Waals surface area contributed by atoms with Crippen LogP contribution in [-0.4, -0.2) is 19.4 Å². The number of carbonyl (C=O) groups excluding carboxylic acids is 1. The third kappa shape index (κ3) is 1.53. The van der Waals surface area contributed by atoms with E-state index in [0.29, 0.717) is 19.4 Å². The fourth-order valence-electron chi connectivity index (χ4n) is 2.23. The first-order chi connectivity index (χ1) is 7.22. The molecule has 80 valence electrons. The first-order valence-corrected chi connectivity index (χ1v) is 5.07. The Labute approximate surface area is 89.2 Å². The predicted molar refractivity (Wildman–Crippen MR) is 58.0 cm³/mol. The minimum Gasteiger partial charge on any atom is -0.496 e. The van der Waals surface area contributed by atoms with Crippen molar-refractivity contribution < 1.29 is 9.53 Å². The Morgan fingerprint density at radius 3 is 2.60 bits per heavy atom. The average molecular weight is 205 g/mol. The Kier molecular flexibility index (Phi) is 2.49. The monoisotopic (exact) mass is 205 g/mol. The minimum atomic E-state index is -0.177. The van der Waals surface area contributed by atoms with Crippen LogP contribution in [0.25, 0.3) is 0 Å². The van der Waals surface area contributed by atoms with Crippen LogP contribution in [0.5, 0.6) is 5.75 Å². The molecule has 0 radical (unpaired) electrons. The Bertz CT molecular complexity index is 379. The largest absolute Gasteiger partial charge is 0.496 e. The molecule has 0 unspecified atom stereocenters. The van der Waals surface area contributed by atoms with Crippen molar-refractivity contribution in [2.45, 2.75) is 18.3 Å². The van der Waals surface area contributed by atoms with Crippen LogP contribution in [0, 0.1) is 0 Å². The van der Waals surface area contributed by atoms with Crippen LogP contribution < -0.4 is 10.5 Å². The standard InChI is InChI=1S/C12H15NO2/c1-15-11-5-3-2-4-10(11)12(8-13)6-9(14)7-12/h2-5H,6-8,13H2,1H3. The van der Waals surface area contributed by atoms with Gasteiger partial charge in [0.2, 0.25) is 0 Å². The molecule has 1 aromatic carbocycles. The molecular formula is C12H15NO2. The highest BCUT2D eigenvalue weighted by Crippen LogP contribution is 2.44. The van der Waals surface area contributed by atoms with E-state index in [1.807, 2.05) is 24.3 Å². The van der Waals surface area contributed by atoms with Gasteiger partial charge in [-0.2, -0.15) is 0 Å². The van der Waals surface area contributed by atoms with Crippen LogP contribution in [0.1, 0.15) is 18.4 Å². The number of nitrogens with two attached hydrogens (primary N) is 1. The molecule has 1 saturated carbocycles. The SMILES string of the molecule is COc1ccccc1C1(CN)CC(=O)C1. The molecule has 1 aliphatic carbocycles. The van der Waals surface area contributed by atoms with E-state index >= 15 is 0 Å². The maximum absolute atomic E-state index is 11.2. The van der Waals surface area contributed by atoms with Gasteiger partial charge >= 0.3 is 0 Å². The second-order valence-corrected chi connectivity index (χ2v) is 4.08. The molecule has 2 rings (SSSR count). The van der Waals surface area contributed by atoms with Crippen molar-refractivity contribution >= 4 is 5.78 Å². The third-order valence-electron chi connectivity index (χ3n) is 3.14. The molecule has 3 nitrogen and oxygen atoms in total. The van der Waals surface area contributed by atoms with Gasteiger partial charge in [0.05, 0.1) is 7.11 Å². The van der Waals surface area contributed by atoms with Gasteiger partial charge in [0.15, 0.2) is 0 Å². The van der Waals surface area contributed by atoms with Crippen LogP contribution in [-0.2, 0) is 10.2 Å². The summed E-state index contributed by atoms with van der Waals surface area (Å²) < 4.78 is 5.30. The van der Waals surface area contributed by atoms with Gasteiger partial charge in [-0.15, -0.1) is 0 Å². The number of hydrogen-bond donors (Lipinski definition) is 1. The first-order valence-electron chi connectivity index (χ1n) is 5.07. The lowest BCUT2D eigenvalue weighted by molar-refractivity contribution is -0.128. The number of benzene rings is 1. The zero-order valence-corrected chi connectivity index (χ0v) is 8.82. The summed E-state index contributed by atoms with van der Waals surface area (Å²) in [7, 11) is 1.64. The number of ketones is 1. The molecule has 0 saturated heterocycles. The van der Waals surface area contributed by atoms with Crippen molar-refractivity contribution in [3.8, 4) is 5.75 Å². The molecule has 2 N–H and O–H groups in total. The van der Waals surface area contributed by atoms with Gasteiger partial charge in [-0.05, 0) is 6.07 Å². The highest BCUT2D eigenvalue weighted by molar-refractivity contribution is 5.89. The van der Waals surface area contributed by atoms with E-state index in [1.165, 1.54) is 0 Å². The van der Waals surface area contributed by atoms with E-state index in [1.54, 1.807) is 7.11 Å². The van der Waals surface area contributed by atoms with Crippen molar-refractivity contribution in [2.75, 3.05) is 13.7 Å². The summed E-state index contributed by atoms with van der Waals surface area (Å²) in [5.74, 6) is 1.11. The fraction of sp³-hybridized carbons (Fsp3) is 0.417. The Balaban J connectivity index is 2.39. The van der Waals surface area contributed by atoms with Crippen molar-refractivity contribution in [1.29, 1.82) is 0 Å². The summed E-state index contributed by atoms with van der Waals surface area (Å²) in [6.07, 6.45) is 1.09. The lowest BCUT2D eigenvalue weighted by Gasteiger charge is -2.40. The lowest BCUT2D eigenvalue weighted by atomic mass is 9.63. The summed E-state index contributed by atoms with van der Waals surface area (Å²) in [5.41, 5.74) is 6.67. The summed E-state index contributed by atoms with van der Waals surface area (Å²) in [5, 5.41) is 0. The minimum absolute atomic E-state index is 0.177. The van der Waals surface area contributed by atoms with Gasteiger partial charge in [-0.3, -0.25) is 4.79 Å². The molecule has 1 fully saturated rings. The van der Waals surface area contributed by atoms with E-state index in [2.05, 4.69) is 0 Å². The van der Waals surface area contributed by atoms with Crippen molar-refractivity contribution in [3.63, 3.8) is 0 Å². The summed E-state index contributed by atoms with van der Waals surface area (Å²) in [6.45, 7) is 0.499. The highest BCUT2D eigenvalue weighted by Gasteiger charge is 2.45. The van der Waals surface area contributed by atoms with Crippen molar-refractivity contribution in [1.82, 2.24) is 0 Å². The molecule has 0 heterocycles. The lowest BCUT2D eigenvalue weighted by Crippen LogP contribution is -2.47. The second-order valence-electron chi connectivity index (χ2n) is 4.08. The molecule has 3 heteroatoms. The third-order valence-corrected chi connectivity index (χ3v) is 3.14. The number of Topliss-reactive ketones (excluding diaryl/α,β-unsaturated/α-hetero) is 1. The van der Waals surface area contributed by atoms with Gasteiger partial charge in [-0.25, -0.2) is 0 Å². The van der Waals surface area contributed by atoms with E-state index in [-0.39, 0.29) is 11.2 Å². The zero-order valence-electron chi connectivity index (χ0n) is 8.82. The molecule has 15 heavy (non-hydrogen) atoms. The van der Waals surface area contributed by atoms with Crippen LogP contribution in [0.15, 0.2) is 24.3 Å². The number of para-hydroxylation sites is 1. The molecular weight excluding hydrogens is 190 g/mol. The molecule has 1 aromatic rings. The number of methoxy groups -OCH3 is 1. The maximum atomic E-state index is 11.2. The van der Waals surface area contributed by atoms with Crippen molar-refractivity contribution in [3.05, 3.63) is 29.8 Å². The topological polar surface area (TPSA) is 52.3 Å². The first kappa shape index (κ1) is 10.2. The normalized spacial score (nSPS) is 18.4. The number of hydrogen-bond acceptors (Lipinski definition) is 3. The van der Waals surface area contributed by atoms with Crippen LogP contribution in [0.3, 0.4) is 0 Å². The van der Waals surface area contributed by atoms with Crippen molar-refractivity contribution in [2.24, 2.45) is 5.73 Å². The van der Waals surface area contributed by atoms with Gasteiger partial charge in [0.1, 0.15) is 11.5 Å². The Morgan fingerprint density at radius 1 is 1.40 bits per heavy atom. The Hall–Kier alpha value is -1.35. The van der Waals surface area contributed by atoms with Gasteiger partial charge in [0, 0.05) is 30.4 Å². The number of rotatable bonds is 3. The van der Waals surface area contributed by atoms with Gasteiger partial charge in [0.25, 0.3) is 0 Å².